The molecule has 276 valence electrons. The molecule has 4 aliphatic rings. The van der Waals surface area contributed by atoms with E-state index in [2.05, 4.69) is 111 Å². The SMILES string of the molecule is CCCCC1=Cc2c(-c3ccc(C4CCCCC4)cc3)cccc2C1C[SiH2]CC1C(CCCC)=Cc2c(-c3ccc(C4CCCCC4)cc3)cccc21. The Balaban J connectivity index is 1.01. The van der Waals surface area contributed by atoms with Crippen LogP contribution < -0.4 is 0 Å². The Bertz CT molecular complexity index is 1740. The molecule has 2 atom stereocenters. The Kier molecular flexibility index (Phi) is 12.0. The van der Waals surface area contributed by atoms with E-state index in [1.54, 1.807) is 33.4 Å². The summed E-state index contributed by atoms with van der Waals surface area (Å²) >= 11 is 0. The van der Waals surface area contributed by atoms with E-state index in [1.165, 1.54) is 148 Å². The van der Waals surface area contributed by atoms with Crippen molar-refractivity contribution in [3.05, 3.63) is 129 Å². The number of fused-ring (bicyclic) bond motifs is 2. The molecule has 0 saturated heterocycles. The highest BCUT2D eigenvalue weighted by Gasteiger charge is 2.30. The summed E-state index contributed by atoms with van der Waals surface area (Å²) in [5.41, 5.74) is 18.5. The third-order valence-electron chi connectivity index (χ3n) is 13.8. The first-order valence-electron chi connectivity index (χ1n) is 22.1. The Morgan fingerprint density at radius 3 is 1.30 bits per heavy atom. The quantitative estimate of drug-likeness (QED) is 0.114. The molecule has 4 aliphatic carbocycles. The van der Waals surface area contributed by atoms with Crippen LogP contribution in [0.4, 0.5) is 0 Å². The van der Waals surface area contributed by atoms with Crippen LogP contribution in [0.3, 0.4) is 0 Å². The van der Waals surface area contributed by atoms with Gasteiger partial charge in [-0.25, -0.2) is 0 Å². The number of benzene rings is 4. The molecule has 0 aromatic heterocycles. The summed E-state index contributed by atoms with van der Waals surface area (Å²) in [4.78, 5) is 0. The fourth-order valence-corrected chi connectivity index (χ4v) is 13.2. The monoisotopic (exact) mass is 716 g/mol. The molecule has 4 aromatic rings. The van der Waals surface area contributed by atoms with Gasteiger partial charge < -0.3 is 0 Å². The highest BCUT2D eigenvalue weighted by Crippen LogP contribution is 2.48. The number of hydrogen-bond donors (Lipinski definition) is 0. The molecular weight excluding hydrogens is 653 g/mol. The zero-order chi connectivity index (χ0) is 36.0. The van der Waals surface area contributed by atoms with E-state index in [0.717, 1.165) is 11.8 Å². The number of hydrogen-bond acceptors (Lipinski definition) is 0. The Morgan fingerprint density at radius 1 is 0.491 bits per heavy atom. The van der Waals surface area contributed by atoms with Gasteiger partial charge in [0.1, 0.15) is 0 Å². The highest BCUT2D eigenvalue weighted by atomic mass is 28.2. The second-order valence-corrected chi connectivity index (χ2v) is 19.1. The summed E-state index contributed by atoms with van der Waals surface area (Å²) < 4.78 is 0. The van der Waals surface area contributed by atoms with Crippen LogP contribution in [0.1, 0.15) is 174 Å². The van der Waals surface area contributed by atoms with Crippen molar-refractivity contribution in [2.24, 2.45) is 0 Å². The Labute approximate surface area is 324 Å². The maximum atomic E-state index is 2.64. The Hall–Kier alpha value is -3.42. The van der Waals surface area contributed by atoms with E-state index in [4.69, 9.17) is 0 Å². The summed E-state index contributed by atoms with van der Waals surface area (Å²) in [7, 11) is -0.302. The molecular formula is C52H64Si. The van der Waals surface area contributed by atoms with Gasteiger partial charge in [-0.05, 0) is 119 Å². The van der Waals surface area contributed by atoms with Crippen molar-refractivity contribution in [2.45, 2.75) is 152 Å². The van der Waals surface area contributed by atoms with E-state index in [-0.39, 0.29) is 9.52 Å². The average molecular weight is 717 g/mol. The van der Waals surface area contributed by atoms with Gasteiger partial charge in [0.15, 0.2) is 0 Å². The van der Waals surface area contributed by atoms with Crippen molar-refractivity contribution in [3.8, 4) is 22.3 Å². The van der Waals surface area contributed by atoms with Crippen LogP contribution >= 0.6 is 0 Å². The van der Waals surface area contributed by atoms with Gasteiger partial charge >= 0.3 is 0 Å². The van der Waals surface area contributed by atoms with Crippen molar-refractivity contribution in [1.82, 2.24) is 0 Å². The zero-order valence-corrected chi connectivity index (χ0v) is 34.4. The van der Waals surface area contributed by atoms with Gasteiger partial charge in [0, 0.05) is 21.4 Å². The molecule has 0 radical (unpaired) electrons. The minimum Gasteiger partial charge on any atom is -0.0654 e. The van der Waals surface area contributed by atoms with Crippen molar-refractivity contribution < 1.29 is 0 Å². The molecule has 4 aromatic carbocycles. The molecule has 0 N–H and O–H groups in total. The van der Waals surface area contributed by atoms with E-state index >= 15 is 0 Å². The largest absolute Gasteiger partial charge is 0.0654 e. The molecule has 0 bridgehead atoms. The number of allylic oxidation sites excluding steroid dienone is 2. The van der Waals surface area contributed by atoms with E-state index < -0.39 is 0 Å². The molecule has 2 fully saturated rings. The fraction of sp³-hybridized carbons (Fsp3) is 0.462. The molecule has 0 heterocycles. The van der Waals surface area contributed by atoms with Gasteiger partial charge in [-0.2, -0.15) is 0 Å². The maximum absolute atomic E-state index is 2.64. The molecule has 0 aliphatic heterocycles. The average Bonchev–Trinajstić information content (AvgIpc) is 3.77. The lowest BCUT2D eigenvalue weighted by Gasteiger charge is -2.22. The van der Waals surface area contributed by atoms with Crippen molar-refractivity contribution in [2.75, 3.05) is 0 Å². The van der Waals surface area contributed by atoms with Crippen molar-refractivity contribution in [3.63, 3.8) is 0 Å². The fourth-order valence-electron chi connectivity index (χ4n) is 10.8. The minimum atomic E-state index is -0.302. The summed E-state index contributed by atoms with van der Waals surface area (Å²) in [6, 6.07) is 36.8. The molecule has 1 heteroatoms. The van der Waals surface area contributed by atoms with Crippen LogP contribution in [0.15, 0.2) is 96.1 Å². The summed E-state index contributed by atoms with van der Waals surface area (Å²) in [5, 5.41) is 0. The predicted molar refractivity (Wildman–Crippen MR) is 234 cm³/mol. The van der Waals surface area contributed by atoms with Crippen LogP contribution in [0.5, 0.6) is 0 Å². The predicted octanol–water partition coefficient (Wildman–Crippen LogP) is 15.2. The third kappa shape index (κ3) is 8.03. The molecule has 53 heavy (non-hydrogen) atoms. The minimum absolute atomic E-state index is 0.302. The second-order valence-electron chi connectivity index (χ2n) is 17.2. The first-order valence-corrected chi connectivity index (χ1v) is 24.1. The lowest BCUT2D eigenvalue weighted by molar-refractivity contribution is 0.443. The molecule has 0 nitrogen and oxygen atoms in total. The van der Waals surface area contributed by atoms with Gasteiger partial charge in [-0.3, -0.25) is 0 Å². The lowest BCUT2D eigenvalue weighted by atomic mass is 9.83. The van der Waals surface area contributed by atoms with Gasteiger partial charge in [-0.15, -0.1) is 0 Å². The lowest BCUT2D eigenvalue weighted by Crippen LogP contribution is -2.08. The summed E-state index contributed by atoms with van der Waals surface area (Å²) in [6.45, 7) is 4.71. The first-order chi connectivity index (χ1) is 26.2. The standard InChI is InChI=1S/C52H64Si/c1-3-5-15-43-33-49-45(41-29-25-39(26-30-41)37-17-9-7-10-18-37)21-13-23-47(49)51(43)35-53-36-52-44(16-6-4-2)34-50-46(22-14-24-48(50)52)42-31-27-40(28-32-42)38-19-11-8-12-20-38/h13-14,21-34,37-38,51-52H,3-12,15-20,35-36,53H2,1-2H3. The second kappa shape index (κ2) is 17.4. The number of rotatable bonds is 14. The van der Waals surface area contributed by atoms with E-state index in [0.29, 0.717) is 11.8 Å². The number of unbranched alkanes of at least 4 members (excludes halogenated alkanes) is 2. The van der Waals surface area contributed by atoms with Gasteiger partial charge in [0.25, 0.3) is 0 Å². The van der Waals surface area contributed by atoms with Crippen LogP contribution in [0.2, 0.25) is 12.1 Å². The van der Waals surface area contributed by atoms with Gasteiger partial charge in [0.05, 0.1) is 0 Å². The Morgan fingerprint density at radius 2 is 0.906 bits per heavy atom. The first kappa shape index (κ1) is 36.5. The third-order valence-corrected chi connectivity index (χ3v) is 15.8. The van der Waals surface area contributed by atoms with Crippen LogP contribution in [0, 0.1) is 0 Å². The summed E-state index contributed by atoms with van der Waals surface area (Å²) in [6.07, 6.45) is 26.8. The molecule has 0 spiro atoms. The van der Waals surface area contributed by atoms with Crippen LogP contribution in [-0.4, -0.2) is 9.52 Å². The molecule has 2 saturated carbocycles. The van der Waals surface area contributed by atoms with E-state index in [1.807, 2.05) is 0 Å². The summed E-state index contributed by atoms with van der Waals surface area (Å²) in [5.74, 6) is 2.76. The van der Waals surface area contributed by atoms with E-state index in [9.17, 15) is 0 Å². The van der Waals surface area contributed by atoms with Gasteiger partial charge in [-0.1, -0.05) is 186 Å². The van der Waals surface area contributed by atoms with Gasteiger partial charge in [0.2, 0.25) is 0 Å². The molecule has 8 rings (SSSR count). The zero-order valence-electron chi connectivity index (χ0n) is 33.0. The van der Waals surface area contributed by atoms with Crippen LogP contribution in [0.25, 0.3) is 34.4 Å². The van der Waals surface area contributed by atoms with Crippen molar-refractivity contribution in [1.29, 1.82) is 0 Å². The smallest absolute Gasteiger partial charge is 0.0218 e. The maximum Gasteiger partial charge on any atom is 0.0218 e. The molecule has 2 unspecified atom stereocenters. The molecule has 0 amide bonds. The highest BCUT2D eigenvalue weighted by molar-refractivity contribution is 6.36. The normalized spacial score (nSPS) is 20.5. The van der Waals surface area contributed by atoms with Crippen LogP contribution in [-0.2, 0) is 0 Å². The van der Waals surface area contributed by atoms with Crippen molar-refractivity contribution >= 4 is 21.7 Å². The topological polar surface area (TPSA) is 0 Å².